The Hall–Kier alpha value is -1.40. The molecule has 108 valence electrons. The number of aryl methyl sites for hydroxylation is 1. The molecule has 2 unspecified atom stereocenters. The van der Waals surface area contributed by atoms with Crippen LogP contribution in [0.1, 0.15) is 32.4 Å². The first-order chi connectivity index (χ1) is 8.95. The lowest BCUT2D eigenvalue weighted by atomic mass is 10.0. The smallest absolute Gasteiger partial charge is 0.241 e. The molecule has 1 rings (SSSR count). The summed E-state index contributed by atoms with van der Waals surface area (Å²) in [5.41, 5.74) is 6.63. The van der Waals surface area contributed by atoms with Crippen LogP contribution in [-0.2, 0) is 16.6 Å². The number of hydrogen-bond donors (Lipinski definition) is 2. The van der Waals surface area contributed by atoms with Crippen molar-refractivity contribution in [2.75, 3.05) is 13.2 Å². The van der Waals surface area contributed by atoms with E-state index in [9.17, 15) is 4.79 Å². The van der Waals surface area contributed by atoms with Crippen molar-refractivity contribution in [2.24, 2.45) is 18.7 Å². The minimum absolute atomic E-state index is 0.0322. The van der Waals surface area contributed by atoms with Gasteiger partial charge in [-0.25, -0.2) is 0 Å². The third-order valence-electron chi connectivity index (χ3n) is 3.00. The van der Waals surface area contributed by atoms with Crippen LogP contribution in [0.4, 0.5) is 0 Å². The van der Waals surface area contributed by atoms with E-state index in [1.807, 2.05) is 20.8 Å². The van der Waals surface area contributed by atoms with Gasteiger partial charge in [0, 0.05) is 25.4 Å². The molecule has 1 aromatic rings. The number of ether oxygens (including phenoxy) is 1. The molecule has 19 heavy (non-hydrogen) atoms. The molecule has 0 aliphatic heterocycles. The van der Waals surface area contributed by atoms with E-state index in [0.717, 1.165) is 0 Å². The number of nitrogens with one attached hydrogen (secondary N) is 1. The van der Waals surface area contributed by atoms with Crippen molar-refractivity contribution in [3.8, 4) is 0 Å². The highest BCUT2D eigenvalue weighted by Crippen LogP contribution is 2.10. The molecule has 3 N–H and O–H groups in total. The van der Waals surface area contributed by atoms with Gasteiger partial charge in [0.2, 0.25) is 5.91 Å². The molecule has 1 amide bonds. The Balaban J connectivity index is 2.60. The summed E-state index contributed by atoms with van der Waals surface area (Å²) in [5.74, 6) is 0.0861. The van der Waals surface area contributed by atoms with Gasteiger partial charge in [0.25, 0.3) is 0 Å². The number of carbonyl (C=O) groups excluding carboxylic acids is 1. The van der Waals surface area contributed by atoms with Crippen molar-refractivity contribution in [3.05, 3.63) is 18.0 Å². The summed E-state index contributed by atoms with van der Waals surface area (Å²) < 4.78 is 7.00. The quantitative estimate of drug-likeness (QED) is 0.758. The molecule has 1 aromatic heterocycles. The van der Waals surface area contributed by atoms with Gasteiger partial charge in [-0.05, 0) is 12.8 Å². The first-order valence-electron chi connectivity index (χ1n) is 6.58. The van der Waals surface area contributed by atoms with E-state index < -0.39 is 6.04 Å². The van der Waals surface area contributed by atoms with E-state index in [1.165, 1.54) is 0 Å². The van der Waals surface area contributed by atoms with Crippen molar-refractivity contribution in [1.29, 1.82) is 0 Å². The zero-order valence-corrected chi connectivity index (χ0v) is 12.1. The van der Waals surface area contributed by atoms with E-state index in [4.69, 9.17) is 10.5 Å². The molecule has 0 fully saturated rings. The predicted octanol–water partition coefficient (Wildman–Crippen LogP) is 0.597. The summed E-state index contributed by atoms with van der Waals surface area (Å²) in [6.45, 7) is 7.15. The molecule has 0 aliphatic rings. The van der Waals surface area contributed by atoms with Gasteiger partial charge in [0.15, 0.2) is 0 Å². The first kappa shape index (κ1) is 15.7. The molecule has 0 saturated heterocycles. The zero-order valence-electron chi connectivity index (χ0n) is 12.1. The van der Waals surface area contributed by atoms with Crippen molar-refractivity contribution >= 4 is 5.91 Å². The lowest BCUT2D eigenvalue weighted by Crippen LogP contribution is -2.45. The average molecular weight is 268 g/mol. The van der Waals surface area contributed by atoms with Gasteiger partial charge < -0.3 is 15.8 Å². The maximum Gasteiger partial charge on any atom is 0.241 e. The van der Waals surface area contributed by atoms with Crippen LogP contribution in [0.3, 0.4) is 0 Å². The maximum atomic E-state index is 12.1. The van der Waals surface area contributed by atoms with Crippen molar-refractivity contribution in [3.63, 3.8) is 0 Å². The third-order valence-corrected chi connectivity index (χ3v) is 3.00. The Morgan fingerprint density at radius 3 is 2.74 bits per heavy atom. The summed E-state index contributed by atoms with van der Waals surface area (Å²) in [6, 6.07) is -0.730. The van der Waals surface area contributed by atoms with Gasteiger partial charge >= 0.3 is 0 Å². The topological polar surface area (TPSA) is 82.2 Å². The van der Waals surface area contributed by atoms with E-state index in [-0.39, 0.29) is 17.9 Å². The SMILES string of the molecule is CCOCC(NC(=O)C(N)c1cnn(C)c1)C(C)C. The Labute approximate surface area is 114 Å². The number of hydrogen-bond acceptors (Lipinski definition) is 4. The number of rotatable bonds is 7. The minimum Gasteiger partial charge on any atom is -0.380 e. The van der Waals surface area contributed by atoms with Crippen LogP contribution in [-0.4, -0.2) is 34.9 Å². The number of nitrogens with two attached hydrogens (primary N) is 1. The molecule has 6 heteroatoms. The summed E-state index contributed by atoms with van der Waals surface area (Å²) in [4.78, 5) is 12.1. The van der Waals surface area contributed by atoms with Crippen LogP contribution < -0.4 is 11.1 Å². The van der Waals surface area contributed by atoms with E-state index in [2.05, 4.69) is 10.4 Å². The summed E-state index contributed by atoms with van der Waals surface area (Å²) in [6.07, 6.45) is 3.36. The largest absolute Gasteiger partial charge is 0.380 e. The Bertz CT molecular complexity index is 403. The monoisotopic (exact) mass is 268 g/mol. The van der Waals surface area contributed by atoms with Crippen molar-refractivity contribution < 1.29 is 9.53 Å². The van der Waals surface area contributed by atoms with Gasteiger partial charge in [-0.2, -0.15) is 5.10 Å². The van der Waals surface area contributed by atoms with Crippen LogP contribution in [0.15, 0.2) is 12.4 Å². The summed E-state index contributed by atoms with van der Waals surface area (Å²) in [7, 11) is 1.79. The molecule has 0 saturated carbocycles. The van der Waals surface area contributed by atoms with Crippen LogP contribution in [0, 0.1) is 5.92 Å². The third kappa shape index (κ3) is 4.65. The average Bonchev–Trinajstić information content (AvgIpc) is 2.79. The van der Waals surface area contributed by atoms with Crippen molar-refractivity contribution in [2.45, 2.75) is 32.9 Å². The van der Waals surface area contributed by atoms with Gasteiger partial charge in [0.05, 0.1) is 18.8 Å². The van der Waals surface area contributed by atoms with Crippen LogP contribution >= 0.6 is 0 Å². The fraction of sp³-hybridized carbons (Fsp3) is 0.692. The van der Waals surface area contributed by atoms with Crippen LogP contribution in [0.25, 0.3) is 0 Å². The highest BCUT2D eigenvalue weighted by atomic mass is 16.5. The zero-order chi connectivity index (χ0) is 14.4. The number of carbonyl (C=O) groups is 1. The molecular formula is C13H24N4O2. The second kappa shape index (κ2) is 7.25. The normalized spacial score (nSPS) is 14.4. The van der Waals surface area contributed by atoms with Gasteiger partial charge in [-0.15, -0.1) is 0 Å². The number of aromatic nitrogens is 2. The highest BCUT2D eigenvalue weighted by Gasteiger charge is 2.22. The second-order valence-electron chi connectivity index (χ2n) is 4.94. The molecule has 0 aliphatic carbocycles. The Kier molecular flexibility index (Phi) is 5.98. The molecule has 0 bridgehead atoms. The molecule has 6 nitrogen and oxygen atoms in total. The first-order valence-corrected chi connectivity index (χ1v) is 6.58. The maximum absolute atomic E-state index is 12.1. The lowest BCUT2D eigenvalue weighted by Gasteiger charge is -2.23. The number of amides is 1. The molecule has 1 heterocycles. The standard InChI is InChI=1S/C13H24N4O2/c1-5-19-8-11(9(2)3)16-13(18)12(14)10-6-15-17(4)7-10/h6-7,9,11-12H,5,8,14H2,1-4H3,(H,16,18). The fourth-order valence-electron chi connectivity index (χ4n) is 1.67. The molecule has 0 aromatic carbocycles. The predicted molar refractivity (Wildman–Crippen MR) is 73.4 cm³/mol. The molecule has 0 radical (unpaired) electrons. The minimum atomic E-state index is -0.698. The second-order valence-corrected chi connectivity index (χ2v) is 4.94. The summed E-state index contributed by atoms with van der Waals surface area (Å²) in [5, 5.41) is 6.95. The van der Waals surface area contributed by atoms with Gasteiger partial charge in [-0.1, -0.05) is 13.8 Å². The highest BCUT2D eigenvalue weighted by molar-refractivity contribution is 5.83. The lowest BCUT2D eigenvalue weighted by molar-refractivity contribution is -0.124. The molecule has 0 spiro atoms. The van der Waals surface area contributed by atoms with E-state index >= 15 is 0 Å². The van der Waals surface area contributed by atoms with E-state index in [1.54, 1.807) is 24.1 Å². The Morgan fingerprint density at radius 2 is 2.26 bits per heavy atom. The van der Waals surface area contributed by atoms with Gasteiger partial charge in [-0.3, -0.25) is 9.48 Å². The number of nitrogens with zero attached hydrogens (tertiary/aromatic N) is 2. The van der Waals surface area contributed by atoms with Crippen LogP contribution in [0.2, 0.25) is 0 Å². The molecular weight excluding hydrogens is 244 g/mol. The van der Waals surface area contributed by atoms with Crippen LogP contribution in [0.5, 0.6) is 0 Å². The summed E-state index contributed by atoms with van der Waals surface area (Å²) >= 11 is 0. The van der Waals surface area contributed by atoms with Gasteiger partial charge in [0.1, 0.15) is 6.04 Å². The fourth-order valence-corrected chi connectivity index (χ4v) is 1.67. The van der Waals surface area contributed by atoms with Crippen molar-refractivity contribution in [1.82, 2.24) is 15.1 Å². The van der Waals surface area contributed by atoms with E-state index in [0.29, 0.717) is 18.8 Å². The Morgan fingerprint density at radius 1 is 1.58 bits per heavy atom. The molecule has 2 atom stereocenters.